The number of hydrogen-bond donors (Lipinski definition) is 1. The molecule has 2 nitrogen and oxygen atoms in total. The monoisotopic (exact) mass is 351 g/mol. The summed E-state index contributed by atoms with van der Waals surface area (Å²) in [5, 5.41) is 3.13. The maximum absolute atomic E-state index is 12.6. The van der Waals surface area contributed by atoms with Crippen molar-refractivity contribution < 1.29 is 4.79 Å². The van der Waals surface area contributed by atoms with Crippen LogP contribution < -0.4 is 5.32 Å². The van der Waals surface area contributed by atoms with Crippen molar-refractivity contribution in [3.05, 3.63) is 29.3 Å². The highest BCUT2D eigenvalue weighted by atomic mass is 35.5. The van der Waals surface area contributed by atoms with Crippen molar-refractivity contribution in [1.82, 2.24) is 0 Å². The minimum Gasteiger partial charge on any atom is -0.326 e. The lowest BCUT2D eigenvalue weighted by Gasteiger charge is -2.07. The Morgan fingerprint density at radius 1 is 1.00 bits per heavy atom. The van der Waals surface area contributed by atoms with E-state index in [1.165, 1.54) is 11.1 Å². The fraction of sp³-hybridized carbons (Fsp3) is 0.632. The molecule has 0 radical (unpaired) electrons. The molecule has 4 heteroatoms. The number of amides is 1. The number of anilines is 1. The van der Waals surface area contributed by atoms with Crippen LogP contribution in [0.1, 0.15) is 36.8 Å². The molecule has 23 heavy (non-hydrogen) atoms. The van der Waals surface area contributed by atoms with Crippen molar-refractivity contribution >= 4 is 34.8 Å². The maximum atomic E-state index is 12.6. The topological polar surface area (TPSA) is 29.1 Å². The average Bonchev–Trinajstić information content (AvgIpc) is 3.22. The summed E-state index contributed by atoms with van der Waals surface area (Å²) < 4.78 is -0.479. The number of rotatable bonds is 2. The SMILES string of the molecule is Cc1cc(C)cc(NC(=O)C2[C@H]3CC[C@@H]4[C@H](CC[C@H]23)C4(Cl)Cl)c1. The minimum absolute atomic E-state index is 0.188. The molecule has 0 aromatic heterocycles. The summed E-state index contributed by atoms with van der Waals surface area (Å²) in [6, 6.07) is 6.21. The lowest BCUT2D eigenvalue weighted by molar-refractivity contribution is -0.117. The number of aryl methyl sites for hydroxylation is 2. The molecule has 1 amide bonds. The molecule has 1 aromatic carbocycles. The summed E-state index contributed by atoms with van der Waals surface area (Å²) in [6.45, 7) is 4.12. The van der Waals surface area contributed by atoms with Crippen molar-refractivity contribution in [3.8, 4) is 0 Å². The van der Waals surface area contributed by atoms with Crippen molar-refractivity contribution in [2.24, 2.45) is 29.6 Å². The van der Waals surface area contributed by atoms with Gasteiger partial charge in [0.05, 0.1) is 0 Å². The number of halogens is 2. The standard InChI is InChI=1S/C19H23Cl2NO/c1-10-7-11(2)9-12(8-10)22-18(23)17-13-3-5-15-16(19(15,20)21)6-4-14(13)17/h7-9,13-17H,3-6H2,1-2H3,(H,22,23)/t13-,14-,15-,16+,17?/m0/s1. The van der Waals surface area contributed by atoms with Crippen LogP contribution in [0.2, 0.25) is 0 Å². The average molecular weight is 352 g/mol. The maximum Gasteiger partial charge on any atom is 0.228 e. The predicted octanol–water partition coefficient (Wildman–Crippen LogP) is 5.10. The van der Waals surface area contributed by atoms with Crippen LogP contribution in [0, 0.1) is 43.4 Å². The molecule has 3 fully saturated rings. The second-order valence-electron chi connectivity index (χ2n) is 7.76. The van der Waals surface area contributed by atoms with Crippen LogP contribution in [0.5, 0.6) is 0 Å². The third-order valence-electron chi connectivity index (χ3n) is 6.11. The number of carbonyl (C=O) groups is 1. The Bertz CT molecular complexity index is 615. The van der Waals surface area contributed by atoms with Gasteiger partial charge in [-0.3, -0.25) is 4.79 Å². The minimum atomic E-state index is -0.479. The Balaban J connectivity index is 1.40. The Morgan fingerprint density at radius 2 is 1.52 bits per heavy atom. The van der Waals surface area contributed by atoms with Crippen LogP contribution in [-0.2, 0) is 4.79 Å². The van der Waals surface area contributed by atoms with E-state index in [1.54, 1.807) is 0 Å². The molecule has 1 N–H and O–H groups in total. The number of nitrogens with one attached hydrogen (secondary N) is 1. The highest BCUT2D eigenvalue weighted by Crippen LogP contribution is 2.67. The molecule has 0 spiro atoms. The molecule has 3 aliphatic rings. The van der Waals surface area contributed by atoms with Crippen LogP contribution in [0.15, 0.2) is 18.2 Å². The highest BCUT2D eigenvalue weighted by molar-refractivity contribution is 6.51. The first-order valence-electron chi connectivity index (χ1n) is 8.65. The first-order chi connectivity index (χ1) is 10.9. The molecular weight excluding hydrogens is 329 g/mol. The summed E-state index contributed by atoms with van der Waals surface area (Å²) in [5.41, 5.74) is 3.29. The molecule has 3 aliphatic carbocycles. The van der Waals surface area contributed by atoms with Gasteiger partial charge in [-0.25, -0.2) is 0 Å². The number of hydrogen-bond acceptors (Lipinski definition) is 1. The van der Waals surface area contributed by atoms with E-state index < -0.39 is 4.33 Å². The van der Waals surface area contributed by atoms with E-state index in [0.29, 0.717) is 23.7 Å². The van der Waals surface area contributed by atoms with E-state index in [9.17, 15) is 4.79 Å². The van der Waals surface area contributed by atoms with Gasteiger partial charge in [0.15, 0.2) is 0 Å². The van der Waals surface area contributed by atoms with Gasteiger partial charge in [-0.2, -0.15) is 0 Å². The second kappa shape index (κ2) is 5.39. The third kappa shape index (κ3) is 2.78. The van der Waals surface area contributed by atoms with Gasteiger partial charge in [-0.15, -0.1) is 23.2 Å². The van der Waals surface area contributed by atoms with Gasteiger partial charge >= 0.3 is 0 Å². The molecular formula is C19H23Cl2NO. The fourth-order valence-corrected chi connectivity index (χ4v) is 5.80. The Hall–Kier alpha value is -0.730. The lowest BCUT2D eigenvalue weighted by Crippen LogP contribution is -2.16. The summed E-state index contributed by atoms with van der Waals surface area (Å²) in [4.78, 5) is 12.6. The number of alkyl halides is 2. The van der Waals surface area contributed by atoms with E-state index in [-0.39, 0.29) is 11.8 Å². The molecule has 1 aromatic rings. The Labute approximate surface area is 147 Å². The van der Waals surface area contributed by atoms with Crippen molar-refractivity contribution in [2.45, 2.75) is 43.9 Å². The van der Waals surface area contributed by atoms with Gasteiger partial charge in [-0.05, 0) is 86.5 Å². The summed E-state index contributed by atoms with van der Waals surface area (Å²) >= 11 is 12.7. The Kier molecular flexibility index (Phi) is 3.70. The molecule has 5 atom stereocenters. The van der Waals surface area contributed by atoms with Crippen LogP contribution in [0.3, 0.4) is 0 Å². The van der Waals surface area contributed by atoms with Gasteiger partial charge in [0.2, 0.25) is 5.91 Å². The van der Waals surface area contributed by atoms with Crippen LogP contribution >= 0.6 is 23.2 Å². The largest absolute Gasteiger partial charge is 0.326 e. The smallest absolute Gasteiger partial charge is 0.228 e. The number of carbonyl (C=O) groups excluding carboxylic acids is 1. The lowest BCUT2D eigenvalue weighted by atomic mass is 10.0. The summed E-state index contributed by atoms with van der Waals surface area (Å²) in [7, 11) is 0. The second-order valence-corrected chi connectivity index (χ2v) is 9.21. The zero-order valence-corrected chi connectivity index (χ0v) is 15.1. The van der Waals surface area contributed by atoms with Crippen molar-refractivity contribution in [3.63, 3.8) is 0 Å². The molecule has 3 saturated carbocycles. The zero-order valence-electron chi connectivity index (χ0n) is 13.6. The Morgan fingerprint density at radius 3 is 2.04 bits per heavy atom. The van der Waals surface area contributed by atoms with Crippen LogP contribution in [0.25, 0.3) is 0 Å². The summed E-state index contributed by atoms with van der Waals surface area (Å²) in [6.07, 6.45) is 4.34. The number of fused-ring (bicyclic) bond motifs is 2. The highest BCUT2D eigenvalue weighted by Gasteiger charge is 2.65. The van der Waals surface area contributed by atoms with E-state index in [0.717, 1.165) is 31.4 Å². The van der Waals surface area contributed by atoms with Gasteiger partial charge in [0.25, 0.3) is 0 Å². The molecule has 0 saturated heterocycles. The van der Waals surface area contributed by atoms with E-state index in [2.05, 4.69) is 25.2 Å². The number of benzene rings is 1. The first kappa shape index (κ1) is 15.8. The molecule has 1 unspecified atom stereocenters. The van der Waals surface area contributed by atoms with Crippen molar-refractivity contribution in [1.29, 1.82) is 0 Å². The molecule has 4 rings (SSSR count). The molecule has 0 aliphatic heterocycles. The van der Waals surface area contributed by atoms with E-state index in [1.807, 2.05) is 12.1 Å². The molecule has 0 heterocycles. The quantitative estimate of drug-likeness (QED) is 0.738. The van der Waals surface area contributed by atoms with Crippen LogP contribution in [-0.4, -0.2) is 10.2 Å². The zero-order chi connectivity index (χ0) is 16.4. The van der Waals surface area contributed by atoms with Gasteiger partial charge in [0, 0.05) is 11.6 Å². The molecule has 124 valence electrons. The first-order valence-corrected chi connectivity index (χ1v) is 9.40. The fourth-order valence-electron chi connectivity index (χ4n) is 4.89. The molecule has 0 bridgehead atoms. The predicted molar refractivity (Wildman–Crippen MR) is 94.9 cm³/mol. The van der Waals surface area contributed by atoms with Crippen LogP contribution in [0.4, 0.5) is 5.69 Å². The van der Waals surface area contributed by atoms with Gasteiger partial charge in [-0.1, -0.05) is 6.07 Å². The van der Waals surface area contributed by atoms with E-state index >= 15 is 0 Å². The summed E-state index contributed by atoms with van der Waals surface area (Å²) in [5.74, 6) is 2.36. The van der Waals surface area contributed by atoms with Gasteiger partial charge in [0.1, 0.15) is 4.33 Å². The van der Waals surface area contributed by atoms with E-state index in [4.69, 9.17) is 23.2 Å². The third-order valence-corrected chi connectivity index (χ3v) is 7.23. The van der Waals surface area contributed by atoms with Crippen molar-refractivity contribution in [2.75, 3.05) is 5.32 Å². The van der Waals surface area contributed by atoms with Gasteiger partial charge < -0.3 is 5.32 Å². The normalized spacial score (nSPS) is 37.0.